The quantitative estimate of drug-likeness (QED) is 0.918. The average Bonchev–Trinajstić information content (AvgIpc) is 2.41. The summed E-state index contributed by atoms with van der Waals surface area (Å²) in [4.78, 5) is 4.17. The van der Waals surface area contributed by atoms with Gasteiger partial charge in [-0.1, -0.05) is 12.1 Å². The highest BCUT2D eigenvalue weighted by molar-refractivity contribution is 5.49. The van der Waals surface area contributed by atoms with Crippen molar-refractivity contribution in [3.05, 3.63) is 58.4 Å². The lowest BCUT2D eigenvalue weighted by molar-refractivity contribution is 0.404. The Morgan fingerprint density at radius 3 is 2.42 bits per heavy atom. The SMILES string of the molecule is COc1c(C(N)c2cnccc2C)ccc(C)c1C. The van der Waals surface area contributed by atoms with Gasteiger partial charge in [0.1, 0.15) is 5.75 Å². The van der Waals surface area contributed by atoms with Gasteiger partial charge in [0.15, 0.2) is 0 Å². The molecule has 1 heterocycles. The van der Waals surface area contributed by atoms with Crippen LogP contribution in [-0.4, -0.2) is 12.1 Å². The first-order valence-corrected chi connectivity index (χ1v) is 6.36. The summed E-state index contributed by atoms with van der Waals surface area (Å²) < 4.78 is 5.54. The number of nitrogens with two attached hydrogens (primary N) is 1. The van der Waals surface area contributed by atoms with E-state index < -0.39 is 0 Å². The second-order valence-electron chi connectivity index (χ2n) is 4.84. The molecule has 2 rings (SSSR count). The second-order valence-corrected chi connectivity index (χ2v) is 4.84. The van der Waals surface area contributed by atoms with E-state index in [1.807, 2.05) is 25.3 Å². The normalized spacial score (nSPS) is 12.3. The van der Waals surface area contributed by atoms with Crippen LogP contribution in [0.25, 0.3) is 0 Å². The summed E-state index contributed by atoms with van der Waals surface area (Å²) in [6.45, 7) is 6.17. The Balaban J connectivity index is 2.53. The van der Waals surface area contributed by atoms with E-state index >= 15 is 0 Å². The molecule has 0 aliphatic heterocycles. The molecule has 1 atom stereocenters. The van der Waals surface area contributed by atoms with Gasteiger partial charge in [0.05, 0.1) is 13.2 Å². The summed E-state index contributed by atoms with van der Waals surface area (Å²) in [5.41, 5.74) is 11.9. The largest absolute Gasteiger partial charge is 0.496 e. The third-order valence-corrected chi connectivity index (χ3v) is 3.66. The van der Waals surface area contributed by atoms with E-state index in [2.05, 4.69) is 24.9 Å². The van der Waals surface area contributed by atoms with E-state index in [4.69, 9.17) is 10.5 Å². The van der Waals surface area contributed by atoms with Crippen molar-refractivity contribution in [3.8, 4) is 5.75 Å². The van der Waals surface area contributed by atoms with Gasteiger partial charge in [-0.2, -0.15) is 0 Å². The van der Waals surface area contributed by atoms with Crippen molar-refractivity contribution in [1.82, 2.24) is 4.98 Å². The maximum absolute atomic E-state index is 6.39. The first kappa shape index (κ1) is 13.6. The smallest absolute Gasteiger partial charge is 0.127 e. The number of nitrogens with zero attached hydrogens (tertiary/aromatic N) is 1. The Kier molecular flexibility index (Phi) is 3.86. The molecule has 19 heavy (non-hydrogen) atoms. The molecule has 1 aromatic carbocycles. The number of aromatic nitrogens is 1. The minimum Gasteiger partial charge on any atom is -0.496 e. The van der Waals surface area contributed by atoms with Gasteiger partial charge in [0.25, 0.3) is 0 Å². The van der Waals surface area contributed by atoms with Gasteiger partial charge in [0, 0.05) is 18.0 Å². The third kappa shape index (κ3) is 2.47. The van der Waals surface area contributed by atoms with Crippen molar-refractivity contribution < 1.29 is 4.74 Å². The van der Waals surface area contributed by atoms with E-state index in [1.165, 1.54) is 5.56 Å². The van der Waals surface area contributed by atoms with Crippen LogP contribution in [-0.2, 0) is 0 Å². The van der Waals surface area contributed by atoms with E-state index in [0.717, 1.165) is 28.0 Å². The van der Waals surface area contributed by atoms with Crippen molar-refractivity contribution in [2.24, 2.45) is 5.73 Å². The van der Waals surface area contributed by atoms with Crippen LogP contribution in [0.4, 0.5) is 0 Å². The molecule has 1 unspecified atom stereocenters. The van der Waals surface area contributed by atoms with Crippen LogP contribution in [0, 0.1) is 20.8 Å². The summed E-state index contributed by atoms with van der Waals surface area (Å²) in [6.07, 6.45) is 3.61. The van der Waals surface area contributed by atoms with Crippen molar-refractivity contribution >= 4 is 0 Å². The number of benzene rings is 1. The second kappa shape index (κ2) is 5.41. The highest BCUT2D eigenvalue weighted by Gasteiger charge is 2.18. The Labute approximate surface area is 114 Å². The number of methoxy groups -OCH3 is 1. The maximum atomic E-state index is 6.39. The van der Waals surface area contributed by atoms with Gasteiger partial charge in [-0.15, -0.1) is 0 Å². The molecule has 0 aliphatic rings. The first-order valence-electron chi connectivity index (χ1n) is 6.36. The van der Waals surface area contributed by atoms with Gasteiger partial charge in [-0.25, -0.2) is 0 Å². The third-order valence-electron chi connectivity index (χ3n) is 3.66. The van der Waals surface area contributed by atoms with Gasteiger partial charge in [-0.3, -0.25) is 4.98 Å². The van der Waals surface area contributed by atoms with Crippen LogP contribution < -0.4 is 10.5 Å². The zero-order chi connectivity index (χ0) is 14.0. The van der Waals surface area contributed by atoms with E-state index in [-0.39, 0.29) is 6.04 Å². The molecule has 100 valence electrons. The lowest BCUT2D eigenvalue weighted by Crippen LogP contribution is -2.15. The fourth-order valence-electron chi connectivity index (χ4n) is 2.30. The highest BCUT2D eigenvalue weighted by Crippen LogP contribution is 2.33. The van der Waals surface area contributed by atoms with Crippen LogP contribution in [0.1, 0.15) is 33.9 Å². The predicted molar refractivity (Wildman–Crippen MR) is 77.5 cm³/mol. The molecule has 0 spiro atoms. The van der Waals surface area contributed by atoms with Gasteiger partial charge >= 0.3 is 0 Å². The van der Waals surface area contributed by atoms with Crippen molar-refractivity contribution in [1.29, 1.82) is 0 Å². The molecule has 2 N–H and O–H groups in total. The number of hydrogen-bond acceptors (Lipinski definition) is 3. The van der Waals surface area contributed by atoms with Gasteiger partial charge in [-0.05, 0) is 49.1 Å². The van der Waals surface area contributed by atoms with Crippen molar-refractivity contribution in [3.63, 3.8) is 0 Å². The lowest BCUT2D eigenvalue weighted by atomic mass is 9.94. The summed E-state index contributed by atoms with van der Waals surface area (Å²) in [5.74, 6) is 0.871. The molecule has 0 amide bonds. The summed E-state index contributed by atoms with van der Waals surface area (Å²) in [5, 5.41) is 0. The monoisotopic (exact) mass is 256 g/mol. The van der Waals surface area contributed by atoms with Gasteiger partial charge < -0.3 is 10.5 Å². The van der Waals surface area contributed by atoms with Crippen LogP contribution >= 0.6 is 0 Å². The zero-order valence-electron chi connectivity index (χ0n) is 11.9. The first-order chi connectivity index (χ1) is 9.06. The number of ether oxygens (including phenoxy) is 1. The summed E-state index contributed by atoms with van der Waals surface area (Å²) in [7, 11) is 1.69. The molecular formula is C16H20N2O. The maximum Gasteiger partial charge on any atom is 0.127 e. The van der Waals surface area contributed by atoms with Crippen molar-refractivity contribution in [2.45, 2.75) is 26.8 Å². The molecule has 0 radical (unpaired) electrons. The Hall–Kier alpha value is -1.87. The molecule has 1 aromatic heterocycles. The minimum absolute atomic E-state index is 0.219. The number of rotatable bonds is 3. The van der Waals surface area contributed by atoms with Crippen LogP contribution in [0.2, 0.25) is 0 Å². The van der Waals surface area contributed by atoms with Gasteiger partial charge in [0.2, 0.25) is 0 Å². The van der Waals surface area contributed by atoms with E-state index in [0.29, 0.717) is 0 Å². The zero-order valence-corrected chi connectivity index (χ0v) is 11.9. The minimum atomic E-state index is -0.219. The lowest BCUT2D eigenvalue weighted by Gasteiger charge is -2.20. The Morgan fingerprint density at radius 1 is 1.05 bits per heavy atom. The topological polar surface area (TPSA) is 48.1 Å². The molecule has 0 saturated carbocycles. The van der Waals surface area contributed by atoms with Crippen LogP contribution in [0.3, 0.4) is 0 Å². The van der Waals surface area contributed by atoms with Crippen LogP contribution in [0.15, 0.2) is 30.6 Å². The van der Waals surface area contributed by atoms with E-state index in [1.54, 1.807) is 13.3 Å². The molecular weight excluding hydrogens is 236 g/mol. The average molecular weight is 256 g/mol. The van der Waals surface area contributed by atoms with Crippen LogP contribution in [0.5, 0.6) is 5.75 Å². The Bertz CT molecular complexity index is 593. The molecule has 2 aromatic rings. The fourth-order valence-corrected chi connectivity index (χ4v) is 2.30. The predicted octanol–water partition coefficient (Wildman–Crippen LogP) is 3.06. The summed E-state index contributed by atoms with van der Waals surface area (Å²) in [6, 6.07) is 5.88. The molecule has 0 saturated heterocycles. The number of pyridine rings is 1. The molecule has 0 bridgehead atoms. The summed E-state index contributed by atoms with van der Waals surface area (Å²) >= 11 is 0. The molecule has 0 fully saturated rings. The number of hydrogen-bond donors (Lipinski definition) is 1. The highest BCUT2D eigenvalue weighted by atomic mass is 16.5. The van der Waals surface area contributed by atoms with E-state index in [9.17, 15) is 0 Å². The fraction of sp³-hybridized carbons (Fsp3) is 0.312. The molecule has 0 aliphatic carbocycles. The molecule has 3 nitrogen and oxygen atoms in total. The Morgan fingerprint density at radius 2 is 1.79 bits per heavy atom. The number of aryl methyl sites for hydroxylation is 2. The van der Waals surface area contributed by atoms with Crippen molar-refractivity contribution in [2.75, 3.05) is 7.11 Å². The standard InChI is InChI=1S/C16H20N2O/c1-10-5-6-13(16(19-4)12(10)3)15(17)14-9-18-8-7-11(14)2/h5-9,15H,17H2,1-4H3. The molecule has 3 heteroatoms.